The third-order valence-electron chi connectivity index (χ3n) is 4.80. The monoisotopic (exact) mass is 541 g/mol. The molecule has 1 amide bonds. The van der Waals surface area contributed by atoms with Crippen molar-refractivity contribution in [1.29, 1.82) is 0 Å². The van der Waals surface area contributed by atoms with E-state index in [1.165, 1.54) is 12.1 Å². The first-order chi connectivity index (χ1) is 14.4. The van der Waals surface area contributed by atoms with Gasteiger partial charge in [-0.25, -0.2) is 9.37 Å². The number of hydrogen-bond donors (Lipinski definition) is 2. The maximum Gasteiger partial charge on any atom is 0.227 e. The van der Waals surface area contributed by atoms with E-state index in [1.54, 1.807) is 25.2 Å². The summed E-state index contributed by atoms with van der Waals surface area (Å²) in [6.07, 6.45) is 0.0993. The van der Waals surface area contributed by atoms with Gasteiger partial charge in [0.05, 0.1) is 12.6 Å². The zero-order valence-electron chi connectivity index (χ0n) is 18.0. The minimum absolute atomic E-state index is 0. The summed E-state index contributed by atoms with van der Waals surface area (Å²) in [5.41, 5.74) is 1.77. The fraction of sp³-hybridized carbons (Fsp3) is 0.409. The molecule has 0 spiro atoms. The van der Waals surface area contributed by atoms with Crippen LogP contribution < -0.4 is 10.6 Å². The van der Waals surface area contributed by atoms with E-state index in [4.69, 9.17) is 4.74 Å². The Balaban J connectivity index is 0.00000341. The molecule has 0 radical (unpaired) electrons. The van der Waals surface area contributed by atoms with Gasteiger partial charge in [-0.05, 0) is 43.7 Å². The van der Waals surface area contributed by atoms with E-state index in [0.717, 1.165) is 11.3 Å². The van der Waals surface area contributed by atoms with Crippen LogP contribution in [0.4, 0.5) is 10.2 Å². The van der Waals surface area contributed by atoms with E-state index < -0.39 is 0 Å². The smallest absolute Gasteiger partial charge is 0.227 e. The first-order valence-electron chi connectivity index (χ1n) is 10.0. The lowest BCUT2D eigenvalue weighted by molar-refractivity contribution is -0.116. The average Bonchev–Trinajstić information content (AvgIpc) is 2.71. The molecule has 1 aliphatic rings. The molecule has 2 atom stereocenters. The number of ether oxygens (including phenoxy) is 1. The van der Waals surface area contributed by atoms with Gasteiger partial charge >= 0.3 is 0 Å². The summed E-state index contributed by atoms with van der Waals surface area (Å²) in [6, 6.07) is 11.9. The minimum atomic E-state index is -0.268. The highest BCUT2D eigenvalue weighted by Crippen LogP contribution is 2.25. The molecule has 0 aliphatic carbocycles. The first-order valence-corrected chi connectivity index (χ1v) is 10.0. The molecule has 1 aromatic carbocycles. The summed E-state index contributed by atoms with van der Waals surface area (Å²) in [7, 11) is 1.71. The van der Waals surface area contributed by atoms with Gasteiger partial charge in [0.15, 0.2) is 5.96 Å². The molecule has 168 valence electrons. The van der Waals surface area contributed by atoms with Gasteiger partial charge in [0.25, 0.3) is 0 Å². The van der Waals surface area contributed by atoms with Gasteiger partial charge in [-0.1, -0.05) is 18.2 Å². The molecule has 3 rings (SSSR count). The van der Waals surface area contributed by atoms with Crippen molar-refractivity contribution in [3.63, 3.8) is 0 Å². The molecular weight excluding hydrogens is 512 g/mol. The number of hydrogen-bond acceptors (Lipinski definition) is 4. The Morgan fingerprint density at radius 2 is 2.00 bits per heavy atom. The molecule has 1 aliphatic heterocycles. The Hall–Kier alpha value is -2.27. The molecule has 7 nitrogen and oxygen atoms in total. The Morgan fingerprint density at radius 3 is 2.68 bits per heavy atom. The van der Waals surface area contributed by atoms with Crippen LogP contribution >= 0.6 is 24.0 Å². The molecule has 2 aromatic rings. The summed E-state index contributed by atoms with van der Waals surface area (Å²) >= 11 is 0. The van der Waals surface area contributed by atoms with Gasteiger partial charge < -0.3 is 20.3 Å². The van der Waals surface area contributed by atoms with Crippen molar-refractivity contribution in [2.45, 2.75) is 32.5 Å². The van der Waals surface area contributed by atoms with Crippen molar-refractivity contribution in [3.8, 4) is 0 Å². The van der Waals surface area contributed by atoms with Crippen LogP contribution in [0.3, 0.4) is 0 Å². The van der Waals surface area contributed by atoms with Gasteiger partial charge in [-0.2, -0.15) is 0 Å². The molecule has 2 unspecified atom stereocenters. The second-order valence-corrected chi connectivity index (χ2v) is 7.33. The molecule has 2 heterocycles. The number of carbonyl (C=O) groups is 1. The van der Waals surface area contributed by atoms with Crippen LogP contribution in [-0.2, 0) is 9.53 Å². The van der Waals surface area contributed by atoms with E-state index in [9.17, 15) is 9.18 Å². The number of aromatic nitrogens is 1. The zero-order valence-corrected chi connectivity index (χ0v) is 20.3. The topological polar surface area (TPSA) is 78.8 Å². The molecule has 9 heteroatoms. The van der Waals surface area contributed by atoms with Crippen LogP contribution in [0.5, 0.6) is 0 Å². The molecule has 31 heavy (non-hydrogen) atoms. The van der Waals surface area contributed by atoms with Gasteiger partial charge in [0, 0.05) is 32.3 Å². The van der Waals surface area contributed by atoms with E-state index in [-0.39, 0.29) is 54.3 Å². The Morgan fingerprint density at radius 1 is 1.26 bits per heavy atom. The average molecular weight is 541 g/mol. The molecule has 2 N–H and O–H groups in total. The summed E-state index contributed by atoms with van der Waals surface area (Å²) in [4.78, 5) is 22.9. The van der Waals surface area contributed by atoms with E-state index >= 15 is 0 Å². The summed E-state index contributed by atoms with van der Waals surface area (Å²) in [6.45, 7) is 5.59. The number of pyridine rings is 1. The molecule has 0 saturated carbocycles. The van der Waals surface area contributed by atoms with E-state index in [0.29, 0.717) is 31.4 Å². The first kappa shape index (κ1) is 25.0. The zero-order chi connectivity index (χ0) is 21.5. The number of guanidine groups is 1. The van der Waals surface area contributed by atoms with Crippen LogP contribution in [0, 0.1) is 12.7 Å². The number of morpholine rings is 1. The van der Waals surface area contributed by atoms with Crippen molar-refractivity contribution in [2.75, 3.05) is 32.0 Å². The Bertz CT molecular complexity index is 894. The predicted molar refractivity (Wildman–Crippen MR) is 130 cm³/mol. The molecule has 1 fully saturated rings. The van der Waals surface area contributed by atoms with E-state index in [2.05, 4.69) is 25.5 Å². The third kappa shape index (κ3) is 7.42. The van der Waals surface area contributed by atoms with Gasteiger partial charge in [-0.3, -0.25) is 9.79 Å². The number of benzene rings is 1. The Labute approximate surface area is 199 Å². The number of aliphatic imine (C=N–C) groups is 1. The van der Waals surface area contributed by atoms with Crippen LogP contribution in [0.2, 0.25) is 0 Å². The molecule has 1 aromatic heterocycles. The SMILES string of the molecule is CN=C(NCCC(=O)Nc1cccc(C)n1)N1CC(C)OC(c2ccc(F)cc2)C1.I. The van der Waals surface area contributed by atoms with Crippen molar-refractivity contribution in [1.82, 2.24) is 15.2 Å². The molecule has 1 saturated heterocycles. The number of nitrogens with zero attached hydrogens (tertiary/aromatic N) is 3. The Kier molecular flexibility index (Phi) is 9.63. The summed E-state index contributed by atoms with van der Waals surface area (Å²) in [5.74, 6) is 0.874. The quantitative estimate of drug-likeness (QED) is 0.344. The van der Waals surface area contributed by atoms with Crippen LogP contribution in [-0.4, -0.2) is 54.5 Å². The standard InChI is InChI=1S/C22H28FN5O2.HI/c1-15-5-4-6-20(26-15)27-21(29)11-12-25-22(24-3)28-13-16(2)30-19(14-28)17-7-9-18(23)10-8-17;/h4-10,16,19H,11-14H2,1-3H3,(H,24,25)(H,26,27,29);1H. The number of rotatable bonds is 5. The summed E-state index contributed by atoms with van der Waals surface area (Å²) in [5, 5.41) is 6.05. The normalized spacial score (nSPS) is 18.8. The number of aryl methyl sites for hydroxylation is 1. The second kappa shape index (κ2) is 11.9. The lowest BCUT2D eigenvalue weighted by Gasteiger charge is -2.38. The fourth-order valence-corrected chi connectivity index (χ4v) is 3.42. The van der Waals surface area contributed by atoms with Crippen LogP contribution in [0.25, 0.3) is 0 Å². The van der Waals surface area contributed by atoms with Crippen LogP contribution in [0.1, 0.15) is 30.7 Å². The lowest BCUT2D eigenvalue weighted by Crippen LogP contribution is -2.51. The predicted octanol–water partition coefficient (Wildman–Crippen LogP) is 3.51. The van der Waals surface area contributed by atoms with Gasteiger partial charge in [0.2, 0.25) is 5.91 Å². The van der Waals surface area contributed by atoms with Gasteiger partial charge in [-0.15, -0.1) is 24.0 Å². The number of halogens is 2. The van der Waals surface area contributed by atoms with Crippen LogP contribution in [0.15, 0.2) is 47.5 Å². The maximum atomic E-state index is 13.2. The minimum Gasteiger partial charge on any atom is -0.367 e. The van der Waals surface area contributed by atoms with Gasteiger partial charge in [0.1, 0.15) is 17.7 Å². The maximum absolute atomic E-state index is 13.2. The third-order valence-corrected chi connectivity index (χ3v) is 4.80. The fourth-order valence-electron chi connectivity index (χ4n) is 3.42. The van der Waals surface area contributed by atoms with Crippen molar-refractivity contribution in [2.24, 2.45) is 4.99 Å². The number of anilines is 1. The number of carbonyl (C=O) groups excluding carboxylic acids is 1. The largest absolute Gasteiger partial charge is 0.367 e. The van der Waals surface area contributed by atoms with Crippen molar-refractivity contribution in [3.05, 3.63) is 59.5 Å². The lowest BCUT2D eigenvalue weighted by atomic mass is 10.1. The molecule has 0 bridgehead atoms. The summed E-state index contributed by atoms with van der Waals surface area (Å²) < 4.78 is 19.3. The highest BCUT2D eigenvalue weighted by Gasteiger charge is 2.28. The highest BCUT2D eigenvalue weighted by atomic mass is 127. The second-order valence-electron chi connectivity index (χ2n) is 7.33. The number of amides is 1. The van der Waals surface area contributed by atoms with Crippen molar-refractivity contribution < 1.29 is 13.9 Å². The number of nitrogens with one attached hydrogen (secondary N) is 2. The van der Waals surface area contributed by atoms with E-state index in [1.807, 2.05) is 26.0 Å². The highest BCUT2D eigenvalue weighted by molar-refractivity contribution is 14.0. The molecular formula is C22H29FIN5O2. The van der Waals surface area contributed by atoms with Crippen molar-refractivity contribution >= 4 is 41.7 Å².